The van der Waals surface area contributed by atoms with Crippen LogP contribution in [0, 0.1) is 0 Å². The number of para-hydroxylation sites is 1. The van der Waals surface area contributed by atoms with Crippen molar-refractivity contribution < 1.29 is 0 Å². The van der Waals surface area contributed by atoms with Crippen LogP contribution in [0.2, 0.25) is 10.3 Å². The molecule has 0 unspecified atom stereocenters. The second-order valence-corrected chi connectivity index (χ2v) is 5.13. The Kier molecular flexibility index (Phi) is 3.14. The summed E-state index contributed by atoms with van der Waals surface area (Å²) >= 11 is 11.9. The molecule has 0 N–H and O–H groups in total. The molecule has 0 bridgehead atoms. The van der Waals surface area contributed by atoms with E-state index in [0.717, 1.165) is 25.1 Å². The molecule has 2 nitrogen and oxygen atoms in total. The van der Waals surface area contributed by atoms with Gasteiger partial charge in [0.2, 0.25) is 0 Å². The maximum Gasteiger partial charge on any atom is 0.135 e. The molecule has 0 saturated carbocycles. The average Bonchev–Trinajstić information content (AvgIpc) is 2.76. The first-order valence-electron chi connectivity index (χ1n) is 5.88. The van der Waals surface area contributed by atoms with Gasteiger partial charge in [-0.15, -0.1) is 0 Å². The molecule has 1 aromatic heterocycles. The molecular weight excluding hydrogens is 267 g/mol. The predicted molar refractivity (Wildman–Crippen MR) is 75.5 cm³/mol. The van der Waals surface area contributed by atoms with Gasteiger partial charge in [-0.2, -0.15) is 0 Å². The maximum absolute atomic E-state index is 6.11. The fraction of sp³-hybridized carbons (Fsp3) is 0.214. The van der Waals surface area contributed by atoms with E-state index in [1.165, 1.54) is 11.3 Å². The van der Waals surface area contributed by atoms with Gasteiger partial charge >= 0.3 is 0 Å². The zero-order chi connectivity index (χ0) is 12.5. The predicted octanol–water partition coefficient (Wildman–Crippen LogP) is 3.95. The van der Waals surface area contributed by atoms with Crippen molar-refractivity contribution in [3.8, 4) is 0 Å². The lowest BCUT2D eigenvalue weighted by atomic mass is 10.2. The highest BCUT2D eigenvalue weighted by Gasteiger charge is 2.19. The molecule has 0 atom stereocenters. The monoisotopic (exact) mass is 278 g/mol. The Hall–Kier alpha value is -1.25. The first-order valence-corrected chi connectivity index (χ1v) is 6.63. The summed E-state index contributed by atoms with van der Waals surface area (Å²) < 4.78 is 0. The largest absolute Gasteiger partial charge is 0.367 e. The average molecular weight is 279 g/mol. The molecule has 0 radical (unpaired) electrons. The minimum Gasteiger partial charge on any atom is -0.367 e. The van der Waals surface area contributed by atoms with Gasteiger partial charge in [-0.1, -0.05) is 47.5 Å². The summed E-state index contributed by atoms with van der Waals surface area (Å²) in [6.07, 6.45) is 1.09. The maximum atomic E-state index is 6.11. The molecule has 1 aliphatic heterocycles. The molecule has 0 saturated heterocycles. The lowest BCUT2D eigenvalue weighted by molar-refractivity contribution is 0.832. The molecule has 0 amide bonds. The van der Waals surface area contributed by atoms with E-state index in [2.05, 4.69) is 34.1 Å². The summed E-state index contributed by atoms with van der Waals surface area (Å²) in [6, 6.07) is 12.2. The van der Waals surface area contributed by atoms with Gasteiger partial charge < -0.3 is 4.90 Å². The van der Waals surface area contributed by atoms with Gasteiger partial charge in [-0.25, -0.2) is 4.98 Å². The highest BCUT2D eigenvalue weighted by Crippen LogP contribution is 2.30. The molecular formula is C14H12Cl2N2. The van der Waals surface area contributed by atoms with Crippen LogP contribution in [0.1, 0.15) is 11.1 Å². The number of pyridine rings is 1. The van der Waals surface area contributed by atoms with Crippen molar-refractivity contribution in [3.05, 3.63) is 57.8 Å². The Labute approximate surface area is 116 Å². The number of aromatic nitrogens is 1. The summed E-state index contributed by atoms with van der Waals surface area (Å²) in [5.41, 5.74) is 3.71. The minimum atomic E-state index is 0.436. The molecule has 3 rings (SSSR count). The van der Waals surface area contributed by atoms with Crippen molar-refractivity contribution >= 4 is 28.9 Å². The minimum absolute atomic E-state index is 0.436. The summed E-state index contributed by atoms with van der Waals surface area (Å²) in [6.45, 7) is 1.80. The lowest BCUT2D eigenvalue weighted by Gasteiger charge is -2.19. The van der Waals surface area contributed by atoms with Crippen LogP contribution in [-0.2, 0) is 13.0 Å². The molecule has 0 aliphatic carbocycles. The Bertz CT molecular complexity index is 584. The van der Waals surface area contributed by atoms with Crippen molar-refractivity contribution in [2.24, 2.45) is 0 Å². The third-order valence-electron chi connectivity index (χ3n) is 3.24. The number of rotatable bonds is 2. The van der Waals surface area contributed by atoms with Gasteiger partial charge in [0.1, 0.15) is 10.3 Å². The third-order valence-corrected chi connectivity index (χ3v) is 3.77. The Morgan fingerprint density at radius 1 is 1.11 bits per heavy atom. The first-order chi connectivity index (χ1) is 8.74. The Morgan fingerprint density at radius 2 is 1.94 bits per heavy atom. The van der Waals surface area contributed by atoms with Gasteiger partial charge in [0.15, 0.2) is 0 Å². The van der Waals surface area contributed by atoms with Gasteiger partial charge in [0, 0.05) is 24.3 Å². The first kappa shape index (κ1) is 11.8. The van der Waals surface area contributed by atoms with Crippen LogP contribution in [0.25, 0.3) is 0 Å². The standard InChI is InChI=1S/C14H12Cl2N2/c15-13-6-5-11(14(16)17-13)9-18-8-7-10-3-1-2-4-12(10)18/h1-6H,7-9H2. The molecule has 18 heavy (non-hydrogen) atoms. The molecule has 2 aromatic rings. The third kappa shape index (κ3) is 2.18. The summed E-state index contributed by atoms with van der Waals surface area (Å²) in [5, 5.41) is 0.928. The molecule has 0 spiro atoms. The van der Waals surface area contributed by atoms with Gasteiger partial charge in [-0.3, -0.25) is 0 Å². The van der Waals surface area contributed by atoms with Crippen LogP contribution >= 0.6 is 23.2 Å². The van der Waals surface area contributed by atoms with Crippen LogP contribution in [-0.4, -0.2) is 11.5 Å². The highest BCUT2D eigenvalue weighted by atomic mass is 35.5. The van der Waals surface area contributed by atoms with Gasteiger partial charge in [0.05, 0.1) is 0 Å². The lowest BCUT2D eigenvalue weighted by Crippen LogP contribution is -2.20. The summed E-state index contributed by atoms with van der Waals surface area (Å²) in [4.78, 5) is 6.40. The Balaban J connectivity index is 1.86. The van der Waals surface area contributed by atoms with Crippen LogP contribution < -0.4 is 4.90 Å². The van der Waals surface area contributed by atoms with Crippen molar-refractivity contribution in [3.63, 3.8) is 0 Å². The topological polar surface area (TPSA) is 16.1 Å². The van der Waals surface area contributed by atoms with E-state index < -0.39 is 0 Å². The number of halogens is 2. The van der Waals surface area contributed by atoms with Crippen LogP contribution in [0.15, 0.2) is 36.4 Å². The second kappa shape index (κ2) is 4.79. The van der Waals surface area contributed by atoms with E-state index >= 15 is 0 Å². The zero-order valence-electron chi connectivity index (χ0n) is 9.74. The molecule has 0 fully saturated rings. The number of anilines is 1. The number of hydrogen-bond donors (Lipinski definition) is 0. The summed E-state index contributed by atoms with van der Waals surface area (Å²) in [5.74, 6) is 0. The zero-order valence-corrected chi connectivity index (χ0v) is 11.2. The molecule has 4 heteroatoms. The number of fused-ring (bicyclic) bond motifs is 1. The second-order valence-electron chi connectivity index (χ2n) is 4.38. The van der Waals surface area contributed by atoms with Gasteiger partial charge in [0.25, 0.3) is 0 Å². The van der Waals surface area contributed by atoms with E-state index in [9.17, 15) is 0 Å². The molecule has 1 aliphatic rings. The van der Waals surface area contributed by atoms with Crippen molar-refractivity contribution in [2.75, 3.05) is 11.4 Å². The van der Waals surface area contributed by atoms with Gasteiger partial charge in [-0.05, 0) is 24.1 Å². The van der Waals surface area contributed by atoms with Crippen molar-refractivity contribution in [1.82, 2.24) is 4.98 Å². The van der Waals surface area contributed by atoms with E-state index in [1.807, 2.05) is 6.07 Å². The number of benzene rings is 1. The highest BCUT2D eigenvalue weighted by molar-refractivity contribution is 6.32. The van der Waals surface area contributed by atoms with Crippen LogP contribution in [0.4, 0.5) is 5.69 Å². The number of nitrogens with zero attached hydrogens (tertiary/aromatic N) is 2. The normalized spacial score (nSPS) is 13.8. The molecule has 92 valence electrons. The fourth-order valence-electron chi connectivity index (χ4n) is 2.34. The smallest absolute Gasteiger partial charge is 0.135 e. The quantitative estimate of drug-likeness (QED) is 0.774. The Morgan fingerprint density at radius 3 is 2.78 bits per heavy atom. The van der Waals surface area contributed by atoms with Crippen LogP contribution in [0.5, 0.6) is 0 Å². The summed E-state index contributed by atoms with van der Waals surface area (Å²) in [7, 11) is 0. The van der Waals surface area contributed by atoms with E-state index in [4.69, 9.17) is 23.2 Å². The van der Waals surface area contributed by atoms with E-state index in [1.54, 1.807) is 6.07 Å². The van der Waals surface area contributed by atoms with Crippen molar-refractivity contribution in [1.29, 1.82) is 0 Å². The molecule has 2 heterocycles. The van der Waals surface area contributed by atoms with Crippen LogP contribution in [0.3, 0.4) is 0 Å². The fourth-order valence-corrected chi connectivity index (χ4v) is 2.74. The van der Waals surface area contributed by atoms with Crippen molar-refractivity contribution in [2.45, 2.75) is 13.0 Å². The van der Waals surface area contributed by atoms with E-state index in [0.29, 0.717) is 10.3 Å². The van der Waals surface area contributed by atoms with E-state index in [-0.39, 0.29) is 0 Å². The molecule has 1 aromatic carbocycles. The number of hydrogen-bond acceptors (Lipinski definition) is 2. The SMILES string of the molecule is Clc1ccc(CN2CCc3ccccc32)c(Cl)n1.